The van der Waals surface area contributed by atoms with Crippen molar-refractivity contribution in [2.24, 2.45) is 0 Å². The van der Waals surface area contributed by atoms with Crippen LogP contribution in [0.2, 0.25) is 0 Å². The van der Waals surface area contributed by atoms with E-state index < -0.39 is 0 Å². The fourth-order valence-corrected chi connectivity index (χ4v) is 2.12. The van der Waals surface area contributed by atoms with Crippen LogP contribution in [0.25, 0.3) is 0 Å². The Kier molecular flexibility index (Phi) is 3.91. The third kappa shape index (κ3) is 3.45. The third-order valence-corrected chi connectivity index (χ3v) is 3.63. The zero-order chi connectivity index (χ0) is 13.2. The molecule has 1 aliphatic carbocycles. The van der Waals surface area contributed by atoms with Crippen molar-refractivity contribution in [3.05, 3.63) is 24.0 Å². The number of nitrogens with zero attached hydrogens (tertiary/aromatic N) is 2. The first-order valence-electron chi connectivity index (χ1n) is 6.88. The van der Waals surface area contributed by atoms with Gasteiger partial charge in [-0.25, -0.2) is 0 Å². The van der Waals surface area contributed by atoms with Crippen molar-refractivity contribution in [2.45, 2.75) is 58.2 Å². The van der Waals surface area contributed by atoms with E-state index in [9.17, 15) is 0 Å². The highest BCUT2D eigenvalue weighted by molar-refractivity contribution is 5.47. The van der Waals surface area contributed by atoms with E-state index in [0.717, 1.165) is 18.3 Å². The number of hydrogen-bond acceptors (Lipinski definition) is 3. The number of aromatic nitrogens is 1. The van der Waals surface area contributed by atoms with E-state index in [0.29, 0.717) is 0 Å². The second-order valence-corrected chi connectivity index (χ2v) is 6.30. The number of anilines is 1. The highest BCUT2D eigenvalue weighted by Crippen LogP contribution is 2.28. The molecule has 2 rings (SSSR count). The van der Waals surface area contributed by atoms with Gasteiger partial charge in [0.05, 0.1) is 5.69 Å². The molecule has 1 heterocycles. The van der Waals surface area contributed by atoms with E-state index >= 15 is 0 Å². The summed E-state index contributed by atoms with van der Waals surface area (Å²) in [6.45, 7) is 7.36. The summed E-state index contributed by atoms with van der Waals surface area (Å²) in [6, 6.07) is 5.05. The summed E-state index contributed by atoms with van der Waals surface area (Å²) in [5.74, 6) is 0. The van der Waals surface area contributed by atoms with Crippen LogP contribution in [0.5, 0.6) is 0 Å². The van der Waals surface area contributed by atoms with E-state index in [1.807, 2.05) is 6.20 Å². The number of pyridine rings is 1. The average molecular weight is 247 g/mol. The van der Waals surface area contributed by atoms with E-state index in [2.05, 4.69) is 55.2 Å². The van der Waals surface area contributed by atoms with Gasteiger partial charge in [0.15, 0.2) is 0 Å². The van der Waals surface area contributed by atoms with Crippen molar-refractivity contribution in [3.63, 3.8) is 0 Å². The van der Waals surface area contributed by atoms with Crippen molar-refractivity contribution in [3.8, 4) is 0 Å². The lowest BCUT2D eigenvalue weighted by atomic mass is 9.91. The van der Waals surface area contributed by atoms with Gasteiger partial charge in [-0.05, 0) is 52.2 Å². The van der Waals surface area contributed by atoms with E-state index in [1.165, 1.54) is 24.9 Å². The molecule has 100 valence electrons. The molecule has 0 atom stereocenters. The molecule has 1 aromatic rings. The predicted octanol–water partition coefficient (Wildman–Crippen LogP) is 2.96. The molecule has 3 heteroatoms. The molecular formula is C15H25N3. The first kappa shape index (κ1) is 13.3. The minimum absolute atomic E-state index is 0.136. The molecule has 0 spiro atoms. The number of rotatable bonds is 4. The van der Waals surface area contributed by atoms with Gasteiger partial charge in [-0.15, -0.1) is 0 Å². The Bertz CT molecular complexity index is 391. The smallest absolute Gasteiger partial charge is 0.0562 e. The highest BCUT2D eigenvalue weighted by Gasteiger charge is 2.22. The summed E-state index contributed by atoms with van der Waals surface area (Å²) in [7, 11) is 2.19. The topological polar surface area (TPSA) is 28.2 Å². The van der Waals surface area contributed by atoms with Crippen LogP contribution in [0.1, 0.15) is 45.7 Å². The summed E-state index contributed by atoms with van der Waals surface area (Å²) < 4.78 is 0. The van der Waals surface area contributed by atoms with Crippen LogP contribution in [0.3, 0.4) is 0 Å². The Hall–Kier alpha value is -1.09. The van der Waals surface area contributed by atoms with Gasteiger partial charge in [0.25, 0.3) is 0 Å². The summed E-state index contributed by atoms with van der Waals surface area (Å²) in [4.78, 5) is 6.83. The first-order chi connectivity index (χ1) is 8.46. The molecule has 1 N–H and O–H groups in total. The summed E-state index contributed by atoms with van der Waals surface area (Å²) in [5, 5.41) is 3.48. The molecule has 1 saturated carbocycles. The Balaban J connectivity index is 2.00. The lowest BCUT2D eigenvalue weighted by molar-refractivity contribution is 0.400. The van der Waals surface area contributed by atoms with Crippen LogP contribution in [0, 0.1) is 0 Å². The molecular weight excluding hydrogens is 222 g/mol. The quantitative estimate of drug-likeness (QED) is 0.886. The molecule has 0 aliphatic heterocycles. The Morgan fingerprint density at radius 2 is 2.11 bits per heavy atom. The second-order valence-electron chi connectivity index (χ2n) is 6.30. The van der Waals surface area contributed by atoms with Crippen molar-refractivity contribution < 1.29 is 0 Å². The molecule has 0 unspecified atom stereocenters. The maximum atomic E-state index is 4.44. The maximum absolute atomic E-state index is 4.44. The van der Waals surface area contributed by atoms with Crippen LogP contribution >= 0.6 is 0 Å². The molecule has 1 fully saturated rings. The van der Waals surface area contributed by atoms with Crippen LogP contribution in [0.15, 0.2) is 18.3 Å². The minimum atomic E-state index is 0.136. The van der Waals surface area contributed by atoms with Gasteiger partial charge in [-0.1, -0.05) is 0 Å². The molecule has 0 radical (unpaired) electrons. The van der Waals surface area contributed by atoms with Crippen molar-refractivity contribution in [1.82, 2.24) is 10.3 Å². The molecule has 1 aromatic heterocycles. The van der Waals surface area contributed by atoms with Gasteiger partial charge in [0.2, 0.25) is 0 Å². The SMILES string of the molecule is CN(c1ccnc(CNC(C)(C)C)c1)C1CCC1. The van der Waals surface area contributed by atoms with Gasteiger partial charge in [0.1, 0.15) is 0 Å². The fourth-order valence-electron chi connectivity index (χ4n) is 2.12. The molecule has 1 aliphatic rings. The standard InChI is InChI=1S/C15H25N3/c1-15(2,3)17-11-12-10-14(8-9-16-12)18(4)13-6-5-7-13/h8-10,13,17H,5-7,11H2,1-4H3. The number of hydrogen-bond donors (Lipinski definition) is 1. The zero-order valence-electron chi connectivity index (χ0n) is 12.0. The van der Waals surface area contributed by atoms with Gasteiger partial charge < -0.3 is 10.2 Å². The van der Waals surface area contributed by atoms with E-state index in [-0.39, 0.29) is 5.54 Å². The normalized spacial score (nSPS) is 16.4. The van der Waals surface area contributed by atoms with Gasteiger partial charge in [-0.2, -0.15) is 0 Å². The van der Waals surface area contributed by atoms with Crippen LogP contribution in [-0.2, 0) is 6.54 Å². The monoisotopic (exact) mass is 247 g/mol. The van der Waals surface area contributed by atoms with E-state index in [4.69, 9.17) is 0 Å². The second kappa shape index (κ2) is 5.27. The van der Waals surface area contributed by atoms with Gasteiger partial charge >= 0.3 is 0 Å². The maximum Gasteiger partial charge on any atom is 0.0562 e. The Morgan fingerprint density at radius 1 is 1.39 bits per heavy atom. The zero-order valence-corrected chi connectivity index (χ0v) is 12.0. The van der Waals surface area contributed by atoms with Crippen LogP contribution in [-0.4, -0.2) is 23.6 Å². The lowest BCUT2D eigenvalue weighted by Gasteiger charge is -2.36. The van der Waals surface area contributed by atoms with Crippen molar-refractivity contribution in [2.75, 3.05) is 11.9 Å². The van der Waals surface area contributed by atoms with Gasteiger partial charge in [-0.3, -0.25) is 4.98 Å². The minimum Gasteiger partial charge on any atom is -0.372 e. The molecule has 0 aromatic carbocycles. The predicted molar refractivity (Wildman–Crippen MR) is 76.9 cm³/mol. The first-order valence-corrected chi connectivity index (χ1v) is 6.88. The number of nitrogens with one attached hydrogen (secondary N) is 1. The average Bonchev–Trinajstić information content (AvgIpc) is 2.23. The van der Waals surface area contributed by atoms with Gasteiger partial charge in [0, 0.05) is 37.1 Å². The Labute approximate surface area is 111 Å². The Morgan fingerprint density at radius 3 is 2.67 bits per heavy atom. The largest absolute Gasteiger partial charge is 0.372 e. The molecule has 0 amide bonds. The van der Waals surface area contributed by atoms with Crippen molar-refractivity contribution >= 4 is 5.69 Å². The summed E-state index contributed by atoms with van der Waals surface area (Å²) >= 11 is 0. The van der Waals surface area contributed by atoms with Crippen molar-refractivity contribution in [1.29, 1.82) is 0 Å². The van der Waals surface area contributed by atoms with Crippen LogP contribution in [0.4, 0.5) is 5.69 Å². The molecule has 3 nitrogen and oxygen atoms in total. The molecule has 0 bridgehead atoms. The molecule has 0 saturated heterocycles. The summed E-state index contributed by atoms with van der Waals surface area (Å²) in [5.41, 5.74) is 2.55. The highest BCUT2D eigenvalue weighted by atomic mass is 15.1. The fraction of sp³-hybridized carbons (Fsp3) is 0.667. The molecule has 18 heavy (non-hydrogen) atoms. The summed E-state index contributed by atoms with van der Waals surface area (Å²) in [6.07, 6.45) is 5.95. The third-order valence-electron chi connectivity index (χ3n) is 3.63. The lowest BCUT2D eigenvalue weighted by Crippen LogP contribution is -2.37. The van der Waals surface area contributed by atoms with E-state index in [1.54, 1.807) is 0 Å². The van der Waals surface area contributed by atoms with Crippen LogP contribution < -0.4 is 10.2 Å².